The van der Waals surface area contributed by atoms with E-state index in [1.165, 1.54) is 0 Å². The highest BCUT2D eigenvalue weighted by molar-refractivity contribution is 7.92. The first-order valence-electron chi connectivity index (χ1n) is 5.99. The molecule has 6 heteroatoms. The predicted octanol–water partition coefficient (Wildman–Crippen LogP) is 0.606. The maximum atomic E-state index is 11.6. The molecule has 1 fully saturated rings. The van der Waals surface area contributed by atoms with Gasteiger partial charge in [-0.3, -0.25) is 4.79 Å². The van der Waals surface area contributed by atoms with E-state index in [1.54, 1.807) is 13.8 Å². The summed E-state index contributed by atoms with van der Waals surface area (Å²) in [5.74, 6) is -0.997. The maximum absolute atomic E-state index is 11.6. The van der Waals surface area contributed by atoms with Crippen molar-refractivity contribution in [2.24, 2.45) is 5.92 Å². The highest BCUT2D eigenvalue weighted by atomic mass is 32.2. The zero-order valence-electron chi connectivity index (χ0n) is 10.4. The number of rotatable bonds is 5. The molecule has 1 heterocycles. The second-order valence-electron chi connectivity index (χ2n) is 4.89. The third-order valence-electron chi connectivity index (χ3n) is 3.27. The first-order valence-corrected chi connectivity index (χ1v) is 7.71. The van der Waals surface area contributed by atoms with Crippen LogP contribution in [0.1, 0.15) is 26.7 Å². The van der Waals surface area contributed by atoms with E-state index in [-0.39, 0.29) is 16.9 Å². The van der Waals surface area contributed by atoms with Crippen LogP contribution in [0.3, 0.4) is 0 Å². The van der Waals surface area contributed by atoms with Gasteiger partial charge in [0, 0.05) is 13.1 Å². The fourth-order valence-corrected chi connectivity index (χ4v) is 2.94. The number of piperidine rings is 1. The monoisotopic (exact) mass is 263 g/mol. The number of nitrogens with zero attached hydrogens (tertiary/aromatic N) is 1. The van der Waals surface area contributed by atoms with Crippen molar-refractivity contribution in [3.63, 3.8) is 0 Å². The van der Waals surface area contributed by atoms with E-state index in [2.05, 4.69) is 0 Å². The minimum Gasteiger partial charge on any atom is -0.481 e. The van der Waals surface area contributed by atoms with E-state index in [1.807, 2.05) is 4.90 Å². The van der Waals surface area contributed by atoms with Crippen molar-refractivity contribution in [2.45, 2.75) is 31.9 Å². The molecule has 1 N–H and O–H groups in total. The Morgan fingerprint density at radius 1 is 1.47 bits per heavy atom. The summed E-state index contributed by atoms with van der Waals surface area (Å²) in [5, 5.41) is 8.57. The van der Waals surface area contributed by atoms with Crippen molar-refractivity contribution < 1.29 is 18.3 Å². The average Bonchev–Trinajstić information content (AvgIpc) is 2.26. The van der Waals surface area contributed by atoms with Crippen LogP contribution >= 0.6 is 0 Å². The summed E-state index contributed by atoms with van der Waals surface area (Å²) in [4.78, 5) is 12.8. The number of hydrogen-bond acceptors (Lipinski definition) is 4. The largest absolute Gasteiger partial charge is 0.481 e. The van der Waals surface area contributed by atoms with Gasteiger partial charge in [0.05, 0.1) is 16.9 Å². The lowest BCUT2D eigenvalue weighted by Gasteiger charge is -2.30. The van der Waals surface area contributed by atoms with Gasteiger partial charge in [0.1, 0.15) is 0 Å². The van der Waals surface area contributed by atoms with Crippen molar-refractivity contribution in [3.05, 3.63) is 0 Å². The van der Waals surface area contributed by atoms with Gasteiger partial charge >= 0.3 is 5.97 Å². The summed E-state index contributed by atoms with van der Waals surface area (Å²) in [5.41, 5.74) is 0. The number of likely N-dealkylation sites (tertiary alicyclic amines) is 1. The molecule has 0 bridgehead atoms. The molecule has 0 saturated carbocycles. The molecule has 1 saturated heterocycles. The van der Waals surface area contributed by atoms with Gasteiger partial charge in [-0.25, -0.2) is 8.42 Å². The maximum Gasteiger partial charge on any atom is 0.307 e. The third kappa shape index (κ3) is 4.27. The zero-order valence-corrected chi connectivity index (χ0v) is 11.2. The lowest BCUT2D eigenvalue weighted by atomic mass is 9.98. The van der Waals surface area contributed by atoms with Crippen LogP contribution in [-0.2, 0) is 14.6 Å². The molecule has 0 aromatic rings. The Morgan fingerprint density at radius 3 is 2.65 bits per heavy atom. The quantitative estimate of drug-likeness (QED) is 0.786. The number of aliphatic carboxylic acids is 1. The molecule has 1 aliphatic heterocycles. The van der Waals surface area contributed by atoms with Crippen LogP contribution in [0.2, 0.25) is 0 Å². The molecule has 0 amide bonds. The topological polar surface area (TPSA) is 74.7 Å². The van der Waals surface area contributed by atoms with Gasteiger partial charge in [-0.1, -0.05) is 0 Å². The van der Waals surface area contributed by atoms with Gasteiger partial charge in [-0.2, -0.15) is 0 Å². The Kier molecular flexibility index (Phi) is 4.94. The first kappa shape index (κ1) is 14.4. The second-order valence-corrected chi connectivity index (χ2v) is 7.57. The molecule has 1 aliphatic rings. The smallest absolute Gasteiger partial charge is 0.307 e. The number of carboxylic acids is 1. The van der Waals surface area contributed by atoms with Crippen molar-refractivity contribution in [1.29, 1.82) is 0 Å². The van der Waals surface area contributed by atoms with Gasteiger partial charge in [0.2, 0.25) is 0 Å². The molecule has 0 radical (unpaired) electrons. The summed E-state index contributed by atoms with van der Waals surface area (Å²) in [6.45, 7) is 5.07. The van der Waals surface area contributed by atoms with Gasteiger partial charge < -0.3 is 10.0 Å². The Labute approximate surface area is 103 Å². The zero-order chi connectivity index (χ0) is 13.1. The van der Waals surface area contributed by atoms with E-state index in [4.69, 9.17) is 5.11 Å². The SMILES string of the molecule is CC(C)S(=O)(=O)CCN1CCCC(C(=O)O)C1. The van der Waals surface area contributed by atoms with Crippen LogP contribution in [0.5, 0.6) is 0 Å². The predicted molar refractivity (Wildman–Crippen MR) is 65.7 cm³/mol. The molecular weight excluding hydrogens is 242 g/mol. The third-order valence-corrected chi connectivity index (χ3v) is 5.45. The standard InChI is InChI=1S/C11H21NO4S/c1-9(2)17(15,16)7-6-12-5-3-4-10(8-12)11(13)14/h9-10H,3-8H2,1-2H3,(H,13,14). The van der Waals surface area contributed by atoms with E-state index < -0.39 is 15.8 Å². The minimum absolute atomic E-state index is 0.122. The molecule has 17 heavy (non-hydrogen) atoms. The molecule has 0 aromatic heterocycles. The Hall–Kier alpha value is -0.620. The minimum atomic E-state index is -3.02. The molecule has 1 rings (SSSR count). The van der Waals surface area contributed by atoms with E-state index in [9.17, 15) is 13.2 Å². The van der Waals surface area contributed by atoms with E-state index in [0.717, 1.165) is 13.0 Å². The number of carboxylic acid groups (broad SMARTS) is 1. The summed E-state index contributed by atoms with van der Waals surface area (Å²) in [7, 11) is -3.02. The summed E-state index contributed by atoms with van der Waals surface area (Å²) >= 11 is 0. The molecular formula is C11H21NO4S. The lowest BCUT2D eigenvalue weighted by Crippen LogP contribution is -2.41. The van der Waals surface area contributed by atoms with Gasteiger partial charge in [0.15, 0.2) is 9.84 Å². The highest BCUT2D eigenvalue weighted by Gasteiger charge is 2.26. The van der Waals surface area contributed by atoms with Gasteiger partial charge in [-0.15, -0.1) is 0 Å². The van der Waals surface area contributed by atoms with Crippen molar-refractivity contribution >= 4 is 15.8 Å². The molecule has 1 atom stereocenters. The Balaban J connectivity index is 2.45. The van der Waals surface area contributed by atoms with Crippen LogP contribution < -0.4 is 0 Å². The Morgan fingerprint density at radius 2 is 2.12 bits per heavy atom. The highest BCUT2D eigenvalue weighted by Crippen LogP contribution is 2.16. The summed E-state index contributed by atoms with van der Waals surface area (Å²) in [6.07, 6.45) is 1.53. The number of carbonyl (C=O) groups is 1. The number of hydrogen-bond donors (Lipinski definition) is 1. The Bertz CT molecular complexity index is 364. The van der Waals surface area contributed by atoms with E-state index in [0.29, 0.717) is 19.5 Å². The van der Waals surface area contributed by atoms with Crippen LogP contribution in [-0.4, -0.2) is 55.0 Å². The molecule has 0 spiro atoms. The van der Waals surface area contributed by atoms with Crippen LogP contribution in [0.15, 0.2) is 0 Å². The van der Waals surface area contributed by atoms with Crippen molar-refractivity contribution in [3.8, 4) is 0 Å². The molecule has 0 aliphatic carbocycles. The molecule has 5 nitrogen and oxygen atoms in total. The van der Waals surface area contributed by atoms with Crippen LogP contribution in [0.4, 0.5) is 0 Å². The first-order chi connectivity index (χ1) is 7.83. The summed E-state index contributed by atoms with van der Waals surface area (Å²) < 4.78 is 23.3. The van der Waals surface area contributed by atoms with Crippen LogP contribution in [0.25, 0.3) is 0 Å². The summed E-state index contributed by atoms with van der Waals surface area (Å²) in [6, 6.07) is 0. The molecule has 0 aromatic carbocycles. The fraction of sp³-hybridized carbons (Fsp3) is 0.909. The van der Waals surface area contributed by atoms with Crippen molar-refractivity contribution in [2.75, 3.05) is 25.4 Å². The average molecular weight is 263 g/mol. The second kappa shape index (κ2) is 5.82. The van der Waals surface area contributed by atoms with Gasteiger partial charge in [0.25, 0.3) is 0 Å². The fourth-order valence-electron chi connectivity index (χ4n) is 1.95. The number of sulfone groups is 1. The lowest BCUT2D eigenvalue weighted by molar-refractivity contribution is -0.143. The van der Waals surface area contributed by atoms with Crippen molar-refractivity contribution in [1.82, 2.24) is 4.90 Å². The molecule has 100 valence electrons. The molecule has 1 unspecified atom stereocenters. The van der Waals surface area contributed by atoms with Gasteiger partial charge in [-0.05, 0) is 33.2 Å². The van der Waals surface area contributed by atoms with Crippen LogP contribution in [0, 0.1) is 5.92 Å². The normalized spacial score (nSPS) is 22.9. The van der Waals surface area contributed by atoms with E-state index >= 15 is 0 Å².